The zero-order valence-corrected chi connectivity index (χ0v) is 11.1. The van der Waals surface area contributed by atoms with Crippen LogP contribution in [0.4, 0.5) is 0 Å². The van der Waals surface area contributed by atoms with Crippen molar-refractivity contribution >= 4 is 21.8 Å². The van der Waals surface area contributed by atoms with Crippen LogP contribution >= 0.6 is 15.9 Å². The van der Waals surface area contributed by atoms with Crippen molar-refractivity contribution in [3.8, 4) is 11.5 Å². The van der Waals surface area contributed by atoms with Crippen LogP contribution in [-0.2, 0) is 0 Å². The average Bonchev–Trinajstić information content (AvgIpc) is 2.82. The first kappa shape index (κ1) is 12.2. The number of carbonyl (C=O) groups is 1. The molecular formula is C12H14BrNO3. The number of amides is 1. The van der Waals surface area contributed by atoms with Crippen molar-refractivity contribution in [2.45, 2.75) is 19.4 Å². The zero-order valence-electron chi connectivity index (χ0n) is 9.53. The Morgan fingerprint density at radius 3 is 2.94 bits per heavy atom. The first-order valence-electron chi connectivity index (χ1n) is 5.51. The Hall–Kier alpha value is -1.23. The van der Waals surface area contributed by atoms with E-state index >= 15 is 0 Å². The van der Waals surface area contributed by atoms with E-state index in [1.54, 1.807) is 18.2 Å². The number of ether oxygens (including phenoxy) is 2. The summed E-state index contributed by atoms with van der Waals surface area (Å²) in [5, 5.41) is 3.69. The predicted molar refractivity (Wildman–Crippen MR) is 67.9 cm³/mol. The van der Waals surface area contributed by atoms with Crippen LogP contribution in [0.2, 0.25) is 0 Å². The number of carbonyl (C=O) groups excluding carboxylic acids is 1. The quantitative estimate of drug-likeness (QED) is 0.868. The second-order valence-corrected chi connectivity index (χ2v) is 4.45. The van der Waals surface area contributed by atoms with Gasteiger partial charge in [-0.15, -0.1) is 0 Å². The molecule has 0 bridgehead atoms. The van der Waals surface area contributed by atoms with Gasteiger partial charge in [0.1, 0.15) is 0 Å². The fraction of sp³-hybridized carbons (Fsp3) is 0.417. The fourth-order valence-corrected chi connectivity index (χ4v) is 2.18. The smallest absolute Gasteiger partial charge is 0.251 e. The van der Waals surface area contributed by atoms with Crippen LogP contribution in [0, 0.1) is 0 Å². The lowest BCUT2D eigenvalue weighted by molar-refractivity contribution is 0.0939. The van der Waals surface area contributed by atoms with Crippen molar-refractivity contribution < 1.29 is 14.3 Å². The largest absolute Gasteiger partial charge is 0.454 e. The number of nitrogens with one attached hydrogen (secondary N) is 1. The molecule has 17 heavy (non-hydrogen) atoms. The van der Waals surface area contributed by atoms with Gasteiger partial charge in [-0.1, -0.05) is 22.9 Å². The fourth-order valence-electron chi connectivity index (χ4n) is 1.56. The third-order valence-electron chi connectivity index (χ3n) is 2.65. The van der Waals surface area contributed by atoms with Crippen molar-refractivity contribution in [3.05, 3.63) is 23.8 Å². The summed E-state index contributed by atoms with van der Waals surface area (Å²) in [6.07, 6.45) is 0.890. The van der Waals surface area contributed by atoms with Crippen molar-refractivity contribution in [1.82, 2.24) is 5.32 Å². The zero-order chi connectivity index (χ0) is 12.3. The van der Waals surface area contributed by atoms with E-state index in [0.717, 1.165) is 11.8 Å². The summed E-state index contributed by atoms with van der Waals surface area (Å²) in [4.78, 5) is 11.9. The van der Waals surface area contributed by atoms with E-state index in [-0.39, 0.29) is 18.7 Å². The summed E-state index contributed by atoms with van der Waals surface area (Å²) in [6, 6.07) is 5.35. The lowest BCUT2D eigenvalue weighted by Crippen LogP contribution is -2.35. The van der Waals surface area contributed by atoms with Gasteiger partial charge in [-0.3, -0.25) is 4.79 Å². The Kier molecular flexibility index (Phi) is 3.89. The molecule has 1 N–H and O–H groups in total. The van der Waals surface area contributed by atoms with E-state index in [1.165, 1.54) is 0 Å². The number of rotatable bonds is 4. The van der Waals surface area contributed by atoms with E-state index in [2.05, 4.69) is 21.2 Å². The van der Waals surface area contributed by atoms with Gasteiger partial charge < -0.3 is 14.8 Å². The number of benzene rings is 1. The van der Waals surface area contributed by atoms with Gasteiger partial charge >= 0.3 is 0 Å². The lowest BCUT2D eigenvalue weighted by atomic mass is 10.1. The predicted octanol–water partition coefficient (Wildman–Crippen LogP) is 2.32. The Balaban J connectivity index is 2.09. The topological polar surface area (TPSA) is 47.6 Å². The molecule has 1 aliphatic rings. The molecule has 2 rings (SSSR count). The maximum absolute atomic E-state index is 11.9. The van der Waals surface area contributed by atoms with E-state index in [1.807, 2.05) is 6.92 Å². The molecule has 0 saturated heterocycles. The SMILES string of the molecule is CCC(CBr)NC(=O)c1ccc2c(c1)OCO2. The number of halogens is 1. The van der Waals surface area contributed by atoms with Crippen LogP contribution in [0.5, 0.6) is 11.5 Å². The number of fused-ring (bicyclic) bond motifs is 1. The third kappa shape index (κ3) is 2.72. The van der Waals surface area contributed by atoms with E-state index in [4.69, 9.17) is 9.47 Å². The average molecular weight is 300 g/mol. The van der Waals surface area contributed by atoms with Crippen LogP contribution in [0.3, 0.4) is 0 Å². The monoisotopic (exact) mass is 299 g/mol. The molecular weight excluding hydrogens is 286 g/mol. The Labute approximate surface area is 108 Å². The molecule has 0 aliphatic carbocycles. The van der Waals surface area contributed by atoms with Gasteiger partial charge in [0, 0.05) is 16.9 Å². The first-order valence-corrected chi connectivity index (χ1v) is 6.63. The third-order valence-corrected chi connectivity index (χ3v) is 3.43. The van der Waals surface area contributed by atoms with Crippen LogP contribution < -0.4 is 14.8 Å². The highest BCUT2D eigenvalue weighted by Crippen LogP contribution is 2.32. The first-order chi connectivity index (χ1) is 8.24. The van der Waals surface area contributed by atoms with Crippen molar-refractivity contribution in [2.24, 2.45) is 0 Å². The molecule has 0 spiro atoms. The van der Waals surface area contributed by atoms with Gasteiger partial charge in [0.25, 0.3) is 5.91 Å². The molecule has 0 fully saturated rings. The van der Waals surface area contributed by atoms with Gasteiger partial charge in [-0.05, 0) is 24.6 Å². The van der Waals surface area contributed by atoms with Crippen molar-refractivity contribution in [3.63, 3.8) is 0 Å². The van der Waals surface area contributed by atoms with Crippen molar-refractivity contribution in [2.75, 3.05) is 12.1 Å². The van der Waals surface area contributed by atoms with Crippen LogP contribution in [0.1, 0.15) is 23.7 Å². The van der Waals surface area contributed by atoms with Gasteiger partial charge in [-0.25, -0.2) is 0 Å². The molecule has 1 aromatic rings. The van der Waals surface area contributed by atoms with Crippen molar-refractivity contribution in [1.29, 1.82) is 0 Å². The summed E-state index contributed by atoms with van der Waals surface area (Å²) in [7, 11) is 0. The minimum Gasteiger partial charge on any atom is -0.454 e. The van der Waals surface area contributed by atoms with Gasteiger partial charge in [0.05, 0.1) is 0 Å². The molecule has 1 atom stereocenters. The van der Waals surface area contributed by atoms with Gasteiger partial charge in [0.15, 0.2) is 11.5 Å². The van der Waals surface area contributed by atoms with Gasteiger partial charge in [-0.2, -0.15) is 0 Å². The highest BCUT2D eigenvalue weighted by atomic mass is 79.9. The number of alkyl halides is 1. The number of hydrogen-bond donors (Lipinski definition) is 1. The summed E-state index contributed by atoms with van der Waals surface area (Å²) in [6.45, 7) is 2.26. The minimum atomic E-state index is -0.0883. The normalized spacial score (nSPS) is 14.5. The molecule has 4 nitrogen and oxygen atoms in total. The van der Waals surface area contributed by atoms with Crippen LogP contribution in [0.25, 0.3) is 0 Å². The summed E-state index contributed by atoms with van der Waals surface area (Å²) in [5.41, 5.74) is 0.591. The summed E-state index contributed by atoms with van der Waals surface area (Å²) < 4.78 is 10.4. The molecule has 1 unspecified atom stereocenters. The maximum atomic E-state index is 11.9. The molecule has 92 valence electrons. The van der Waals surface area contributed by atoms with Crippen LogP contribution in [0.15, 0.2) is 18.2 Å². The van der Waals surface area contributed by atoms with Gasteiger partial charge in [0.2, 0.25) is 6.79 Å². The molecule has 0 radical (unpaired) electrons. The molecule has 1 heterocycles. The molecule has 1 aliphatic heterocycles. The molecule has 5 heteroatoms. The molecule has 0 saturated carbocycles. The lowest BCUT2D eigenvalue weighted by Gasteiger charge is -2.13. The Bertz CT molecular complexity index is 418. The second-order valence-electron chi connectivity index (χ2n) is 3.80. The molecule has 1 aromatic carbocycles. The van der Waals surface area contributed by atoms with E-state index in [9.17, 15) is 4.79 Å². The Morgan fingerprint density at radius 1 is 1.47 bits per heavy atom. The number of hydrogen-bond acceptors (Lipinski definition) is 3. The summed E-state index contributed by atoms with van der Waals surface area (Å²) >= 11 is 3.37. The summed E-state index contributed by atoms with van der Waals surface area (Å²) in [5.74, 6) is 1.23. The van der Waals surface area contributed by atoms with E-state index in [0.29, 0.717) is 17.1 Å². The maximum Gasteiger partial charge on any atom is 0.251 e. The minimum absolute atomic E-state index is 0.0883. The van der Waals surface area contributed by atoms with Crippen LogP contribution in [-0.4, -0.2) is 24.1 Å². The van der Waals surface area contributed by atoms with E-state index < -0.39 is 0 Å². The molecule has 1 amide bonds. The second kappa shape index (κ2) is 5.40. The molecule has 0 aromatic heterocycles. The highest BCUT2D eigenvalue weighted by Gasteiger charge is 2.17. The highest BCUT2D eigenvalue weighted by molar-refractivity contribution is 9.09. The Morgan fingerprint density at radius 2 is 2.24 bits per heavy atom. The standard InChI is InChI=1S/C12H14BrNO3/c1-2-9(6-13)14-12(15)8-3-4-10-11(5-8)17-7-16-10/h3-5,9H,2,6-7H2,1H3,(H,14,15).